The summed E-state index contributed by atoms with van der Waals surface area (Å²) in [5.74, 6) is -0.780. The number of azo groups is 1. The van der Waals surface area contributed by atoms with Gasteiger partial charge in [-0.15, -0.1) is 10.2 Å². The molecule has 2 amide bonds. The molecule has 0 atom stereocenters. The molecule has 0 aliphatic rings. The molecular weight excluding hydrogens is 368 g/mol. The number of carbonyl (C=O) groups excluding carboxylic acids is 2. The minimum Gasteiger partial charge on any atom is -0.493 e. The third-order valence-electron chi connectivity index (χ3n) is 4.94. The maximum atomic E-state index is 12.6. The molecule has 0 bridgehead atoms. The first-order chi connectivity index (χ1) is 14.0. The first kappa shape index (κ1) is 20.3. The third-order valence-corrected chi connectivity index (χ3v) is 4.94. The normalized spacial score (nSPS) is 11.3. The number of carbonyl (C=O) groups is 2. The van der Waals surface area contributed by atoms with E-state index in [1.807, 2.05) is 39.0 Å². The van der Waals surface area contributed by atoms with Crippen molar-refractivity contribution in [1.82, 2.24) is 9.47 Å². The van der Waals surface area contributed by atoms with Crippen LogP contribution in [0.2, 0.25) is 0 Å². The molecule has 0 radical (unpaired) electrons. The first-order valence-electron chi connectivity index (χ1n) is 9.57. The number of benzene rings is 2. The highest BCUT2D eigenvalue weighted by atomic mass is 16.3. The van der Waals surface area contributed by atoms with Gasteiger partial charge in [0.25, 0.3) is 5.91 Å². The van der Waals surface area contributed by atoms with Gasteiger partial charge in [-0.2, -0.15) is 0 Å². The fourth-order valence-corrected chi connectivity index (χ4v) is 3.30. The molecule has 0 fully saturated rings. The summed E-state index contributed by atoms with van der Waals surface area (Å²) in [5, 5.41) is 19.2. The smallest absolute Gasteiger partial charge is 0.295 e. The van der Waals surface area contributed by atoms with Crippen molar-refractivity contribution in [1.29, 1.82) is 0 Å². The van der Waals surface area contributed by atoms with Gasteiger partial charge < -0.3 is 14.6 Å². The largest absolute Gasteiger partial charge is 0.493 e. The average Bonchev–Trinajstić information content (AvgIpc) is 2.99. The fraction of sp³-hybridized carbons (Fsp3) is 0.273. The van der Waals surface area contributed by atoms with Crippen molar-refractivity contribution >= 4 is 28.4 Å². The Bertz CT molecular complexity index is 1080. The molecule has 29 heavy (non-hydrogen) atoms. The molecule has 3 aromatic rings. The van der Waals surface area contributed by atoms with Gasteiger partial charge in [0.15, 0.2) is 5.69 Å². The molecule has 0 saturated carbocycles. The van der Waals surface area contributed by atoms with Crippen LogP contribution >= 0.6 is 0 Å². The zero-order valence-electron chi connectivity index (χ0n) is 16.8. The van der Waals surface area contributed by atoms with Crippen LogP contribution < -0.4 is 0 Å². The second-order valence-electron chi connectivity index (χ2n) is 6.66. The van der Waals surface area contributed by atoms with E-state index in [9.17, 15) is 14.7 Å². The maximum Gasteiger partial charge on any atom is 0.295 e. The van der Waals surface area contributed by atoms with E-state index in [-0.39, 0.29) is 24.0 Å². The highest BCUT2D eigenvalue weighted by molar-refractivity contribution is 5.98. The molecule has 0 aliphatic heterocycles. The van der Waals surface area contributed by atoms with Crippen molar-refractivity contribution in [2.24, 2.45) is 10.2 Å². The fourth-order valence-electron chi connectivity index (χ4n) is 3.30. The van der Waals surface area contributed by atoms with Gasteiger partial charge in [-0.1, -0.05) is 36.4 Å². The van der Waals surface area contributed by atoms with Gasteiger partial charge in [0.2, 0.25) is 11.8 Å². The lowest BCUT2D eigenvalue weighted by Crippen LogP contribution is -2.33. The summed E-state index contributed by atoms with van der Waals surface area (Å²) in [7, 11) is 0. The standard InChI is InChI=1S/C22H24N4O3/c1-4-25(5-2)19(27)14-26-18-13-9-8-12-17(18)20(22(26)29)23-24-21(28)16-11-7-6-10-15(16)3/h6-13,29H,4-5,14H2,1-3H3. The SMILES string of the molecule is CCN(CC)C(=O)Cn1c(O)c(N=NC(=O)c2ccccc2C)c2ccccc21. The zero-order chi connectivity index (χ0) is 21.0. The second kappa shape index (κ2) is 8.68. The first-order valence-corrected chi connectivity index (χ1v) is 9.57. The topological polar surface area (TPSA) is 87.3 Å². The van der Waals surface area contributed by atoms with Crippen LogP contribution in [0.25, 0.3) is 10.9 Å². The van der Waals surface area contributed by atoms with Gasteiger partial charge in [-0.25, -0.2) is 0 Å². The molecule has 0 spiro atoms. The quantitative estimate of drug-likeness (QED) is 0.629. The zero-order valence-corrected chi connectivity index (χ0v) is 16.8. The number of rotatable bonds is 6. The molecule has 7 nitrogen and oxygen atoms in total. The van der Waals surface area contributed by atoms with Crippen LogP contribution in [0.3, 0.4) is 0 Å². The summed E-state index contributed by atoms with van der Waals surface area (Å²) in [4.78, 5) is 26.7. The van der Waals surface area contributed by atoms with Crippen molar-refractivity contribution in [3.05, 3.63) is 59.7 Å². The lowest BCUT2D eigenvalue weighted by molar-refractivity contribution is -0.131. The second-order valence-corrected chi connectivity index (χ2v) is 6.66. The summed E-state index contributed by atoms with van der Waals surface area (Å²) in [5.41, 5.74) is 2.08. The monoisotopic (exact) mass is 392 g/mol. The molecular formula is C22H24N4O3. The lowest BCUT2D eigenvalue weighted by Gasteiger charge is -2.19. The van der Waals surface area contributed by atoms with Crippen LogP contribution in [0.1, 0.15) is 29.8 Å². The maximum absolute atomic E-state index is 12.6. The summed E-state index contributed by atoms with van der Waals surface area (Å²) in [6.45, 7) is 6.80. The number of hydrogen-bond acceptors (Lipinski definition) is 4. The molecule has 7 heteroatoms. The van der Waals surface area contributed by atoms with Gasteiger partial charge in [0, 0.05) is 24.0 Å². The number of aryl methyl sites for hydroxylation is 1. The number of aromatic hydroxyl groups is 1. The van der Waals surface area contributed by atoms with E-state index in [4.69, 9.17) is 0 Å². The number of likely N-dealkylation sites (N-methyl/N-ethyl adjacent to an activating group) is 1. The number of hydrogen-bond donors (Lipinski definition) is 1. The van der Waals surface area contributed by atoms with Crippen LogP contribution in [0.15, 0.2) is 58.8 Å². The summed E-state index contributed by atoms with van der Waals surface area (Å²) in [6, 6.07) is 14.3. The number of para-hydroxylation sites is 1. The molecule has 0 aliphatic carbocycles. The Labute approximate surface area is 169 Å². The Morgan fingerprint density at radius 1 is 1.03 bits per heavy atom. The Balaban J connectivity index is 1.99. The molecule has 1 heterocycles. The predicted molar refractivity (Wildman–Crippen MR) is 112 cm³/mol. The number of aromatic nitrogens is 1. The van der Waals surface area contributed by atoms with Gasteiger partial charge in [-0.3, -0.25) is 9.59 Å². The molecule has 2 aromatic carbocycles. The molecule has 0 unspecified atom stereocenters. The minimum atomic E-state index is -0.487. The van der Waals surface area contributed by atoms with E-state index in [2.05, 4.69) is 10.2 Å². The third kappa shape index (κ3) is 4.03. The van der Waals surface area contributed by atoms with Gasteiger partial charge in [0.05, 0.1) is 5.52 Å². The van der Waals surface area contributed by atoms with Crippen molar-refractivity contribution in [3.63, 3.8) is 0 Å². The summed E-state index contributed by atoms with van der Waals surface area (Å²) >= 11 is 0. The predicted octanol–water partition coefficient (Wildman–Crippen LogP) is 4.45. The van der Waals surface area contributed by atoms with E-state index >= 15 is 0 Å². The molecule has 1 N–H and O–H groups in total. The van der Waals surface area contributed by atoms with Crippen LogP contribution in [-0.4, -0.2) is 39.5 Å². The number of amides is 2. The number of nitrogens with zero attached hydrogens (tertiary/aromatic N) is 4. The van der Waals surface area contributed by atoms with Gasteiger partial charge >= 0.3 is 0 Å². The average molecular weight is 392 g/mol. The molecule has 150 valence electrons. The van der Waals surface area contributed by atoms with Crippen molar-refractivity contribution < 1.29 is 14.7 Å². The molecule has 3 rings (SSSR count). The Morgan fingerprint density at radius 3 is 2.38 bits per heavy atom. The Hall–Kier alpha value is -3.48. The lowest BCUT2D eigenvalue weighted by atomic mass is 10.1. The van der Waals surface area contributed by atoms with E-state index in [0.717, 1.165) is 5.56 Å². The summed E-state index contributed by atoms with van der Waals surface area (Å²) < 4.78 is 1.50. The van der Waals surface area contributed by atoms with Crippen molar-refractivity contribution in [2.75, 3.05) is 13.1 Å². The van der Waals surface area contributed by atoms with E-state index < -0.39 is 5.91 Å². The molecule has 1 aromatic heterocycles. The van der Waals surface area contributed by atoms with Gasteiger partial charge in [-0.05, 0) is 38.5 Å². The molecule has 0 saturated heterocycles. The van der Waals surface area contributed by atoms with Crippen molar-refractivity contribution in [2.45, 2.75) is 27.3 Å². The van der Waals surface area contributed by atoms with Gasteiger partial charge in [0.1, 0.15) is 6.54 Å². The van der Waals surface area contributed by atoms with Crippen LogP contribution in [0.5, 0.6) is 5.88 Å². The van der Waals surface area contributed by atoms with Crippen LogP contribution in [0.4, 0.5) is 5.69 Å². The minimum absolute atomic E-state index is 0.0186. The Morgan fingerprint density at radius 2 is 1.69 bits per heavy atom. The Kier molecular flexibility index (Phi) is 6.07. The van der Waals surface area contributed by atoms with E-state index in [1.165, 1.54) is 4.57 Å². The van der Waals surface area contributed by atoms with Crippen LogP contribution in [0, 0.1) is 6.92 Å². The van der Waals surface area contributed by atoms with E-state index in [1.54, 1.807) is 35.2 Å². The van der Waals surface area contributed by atoms with Crippen molar-refractivity contribution in [3.8, 4) is 5.88 Å². The van der Waals surface area contributed by atoms with Crippen LogP contribution in [-0.2, 0) is 11.3 Å². The highest BCUT2D eigenvalue weighted by Crippen LogP contribution is 2.38. The summed E-state index contributed by atoms with van der Waals surface area (Å²) in [6.07, 6.45) is 0. The highest BCUT2D eigenvalue weighted by Gasteiger charge is 2.20. The number of fused-ring (bicyclic) bond motifs is 1. The van der Waals surface area contributed by atoms with E-state index in [0.29, 0.717) is 29.6 Å².